The highest BCUT2D eigenvalue weighted by atomic mass is 32.1. The molecule has 16 heavy (non-hydrogen) atoms. The lowest BCUT2D eigenvalue weighted by Crippen LogP contribution is -2.50. The van der Waals surface area contributed by atoms with E-state index in [0.717, 1.165) is 38.6 Å². The van der Waals surface area contributed by atoms with E-state index in [1.807, 2.05) is 0 Å². The molecule has 0 saturated heterocycles. The highest BCUT2D eigenvalue weighted by Crippen LogP contribution is 2.29. The smallest absolute Gasteiger partial charge is 0.323 e. The van der Waals surface area contributed by atoms with Gasteiger partial charge in [0.1, 0.15) is 5.54 Å². The van der Waals surface area contributed by atoms with Gasteiger partial charge < -0.3 is 10.4 Å². The third-order valence-electron chi connectivity index (χ3n) is 3.32. The van der Waals surface area contributed by atoms with Gasteiger partial charge in [0.15, 0.2) is 0 Å². The first-order valence-electron chi connectivity index (χ1n) is 5.72. The molecule has 3 nitrogen and oxygen atoms in total. The molecule has 0 amide bonds. The van der Waals surface area contributed by atoms with Crippen molar-refractivity contribution in [3.63, 3.8) is 0 Å². The van der Waals surface area contributed by atoms with Gasteiger partial charge in [-0.25, -0.2) is 0 Å². The minimum atomic E-state index is -0.685. The van der Waals surface area contributed by atoms with Gasteiger partial charge in [0.05, 0.1) is 0 Å². The molecule has 1 fully saturated rings. The molecule has 2 N–H and O–H groups in total. The zero-order valence-electron chi connectivity index (χ0n) is 9.24. The monoisotopic (exact) mass is 239 g/mol. The molecule has 1 saturated carbocycles. The molecule has 1 heterocycles. The topological polar surface area (TPSA) is 49.3 Å². The first-order chi connectivity index (χ1) is 7.73. The summed E-state index contributed by atoms with van der Waals surface area (Å²) in [5.41, 5.74) is 0.645. The van der Waals surface area contributed by atoms with E-state index in [0.29, 0.717) is 0 Å². The maximum absolute atomic E-state index is 11.3. The van der Waals surface area contributed by atoms with E-state index in [1.54, 1.807) is 11.3 Å². The van der Waals surface area contributed by atoms with Gasteiger partial charge in [-0.2, -0.15) is 11.3 Å². The summed E-state index contributed by atoms with van der Waals surface area (Å²) in [5, 5.41) is 16.7. The Morgan fingerprint density at radius 1 is 1.50 bits per heavy atom. The molecule has 2 rings (SSSR count). The number of carboxylic acid groups (broad SMARTS) is 1. The molecular weight excluding hydrogens is 222 g/mol. The van der Waals surface area contributed by atoms with Crippen LogP contribution in [-0.4, -0.2) is 23.2 Å². The van der Waals surface area contributed by atoms with Crippen LogP contribution in [0, 0.1) is 0 Å². The average Bonchev–Trinajstić information content (AvgIpc) is 2.88. The van der Waals surface area contributed by atoms with Crippen molar-refractivity contribution >= 4 is 17.3 Å². The van der Waals surface area contributed by atoms with Crippen molar-refractivity contribution in [1.82, 2.24) is 5.32 Å². The van der Waals surface area contributed by atoms with Gasteiger partial charge >= 0.3 is 5.97 Å². The van der Waals surface area contributed by atoms with Gasteiger partial charge in [-0.05, 0) is 41.7 Å². The number of aliphatic carboxylic acids is 1. The van der Waals surface area contributed by atoms with E-state index in [2.05, 4.69) is 22.1 Å². The summed E-state index contributed by atoms with van der Waals surface area (Å²) in [6, 6.07) is 2.09. The lowest BCUT2D eigenvalue weighted by Gasteiger charge is -2.25. The molecule has 0 radical (unpaired) electrons. The molecule has 0 unspecified atom stereocenters. The van der Waals surface area contributed by atoms with Gasteiger partial charge in [0, 0.05) is 6.54 Å². The fourth-order valence-corrected chi connectivity index (χ4v) is 3.03. The molecule has 0 bridgehead atoms. The van der Waals surface area contributed by atoms with Crippen LogP contribution in [0.4, 0.5) is 0 Å². The van der Waals surface area contributed by atoms with Gasteiger partial charge in [-0.3, -0.25) is 4.79 Å². The van der Waals surface area contributed by atoms with E-state index in [4.69, 9.17) is 0 Å². The predicted molar refractivity (Wildman–Crippen MR) is 64.9 cm³/mol. The number of carboxylic acids is 1. The standard InChI is InChI=1S/C12H17NO2S/c14-11(15)12(5-1-2-6-12)13-7-3-10-4-8-16-9-10/h4,8-9,13H,1-3,5-7H2,(H,14,15). The van der Waals surface area contributed by atoms with Gasteiger partial charge in [-0.1, -0.05) is 12.8 Å². The van der Waals surface area contributed by atoms with Crippen LogP contribution < -0.4 is 5.32 Å². The van der Waals surface area contributed by atoms with E-state index < -0.39 is 11.5 Å². The second-order valence-electron chi connectivity index (χ2n) is 4.40. The van der Waals surface area contributed by atoms with E-state index >= 15 is 0 Å². The number of carbonyl (C=O) groups is 1. The summed E-state index contributed by atoms with van der Waals surface area (Å²) in [4.78, 5) is 11.3. The maximum Gasteiger partial charge on any atom is 0.323 e. The normalized spacial score (nSPS) is 18.8. The average molecular weight is 239 g/mol. The molecule has 1 aliphatic rings. The Morgan fingerprint density at radius 3 is 2.81 bits per heavy atom. The summed E-state index contributed by atoms with van der Waals surface area (Å²) in [5.74, 6) is -0.685. The predicted octanol–water partition coefficient (Wildman–Crippen LogP) is 2.28. The van der Waals surface area contributed by atoms with Crippen LogP contribution in [0.3, 0.4) is 0 Å². The zero-order chi connectivity index (χ0) is 11.4. The largest absolute Gasteiger partial charge is 0.480 e. The van der Waals surface area contributed by atoms with Crippen LogP contribution in [0.25, 0.3) is 0 Å². The summed E-state index contributed by atoms with van der Waals surface area (Å²) < 4.78 is 0. The van der Waals surface area contributed by atoms with Gasteiger partial charge in [0.25, 0.3) is 0 Å². The van der Waals surface area contributed by atoms with Gasteiger partial charge in [0.2, 0.25) is 0 Å². The first kappa shape index (κ1) is 11.6. The number of rotatable bonds is 5. The Hall–Kier alpha value is -0.870. The quantitative estimate of drug-likeness (QED) is 0.828. The van der Waals surface area contributed by atoms with E-state index in [9.17, 15) is 9.90 Å². The van der Waals surface area contributed by atoms with Crippen molar-refractivity contribution in [2.75, 3.05) is 6.54 Å². The summed E-state index contributed by atoms with van der Waals surface area (Å²) in [6.45, 7) is 0.753. The van der Waals surface area contributed by atoms with Crippen LogP contribution in [0.1, 0.15) is 31.2 Å². The Bertz CT molecular complexity index is 342. The molecule has 0 aromatic carbocycles. The molecule has 4 heteroatoms. The Labute approximate surface area is 99.5 Å². The van der Waals surface area contributed by atoms with Crippen molar-refractivity contribution in [3.05, 3.63) is 22.4 Å². The molecule has 0 spiro atoms. The molecule has 1 aliphatic carbocycles. The van der Waals surface area contributed by atoms with Crippen LogP contribution in [0.2, 0.25) is 0 Å². The van der Waals surface area contributed by atoms with Crippen molar-refractivity contribution in [1.29, 1.82) is 0 Å². The Kier molecular flexibility index (Phi) is 3.61. The molecule has 88 valence electrons. The minimum Gasteiger partial charge on any atom is -0.480 e. The molecule has 0 aliphatic heterocycles. The second-order valence-corrected chi connectivity index (χ2v) is 5.18. The summed E-state index contributed by atoms with van der Waals surface area (Å²) in [6.07, 6.45) is 4.51. The number of hydrogen-bond acceptors (Lipinski definition) is 3. The lowest BCUT2D eigenvalue weighted by atomic mass is 9.97. The van der Waals surface area contributed by atoms with Crippen LogP contribution in [0.5, 0.6) is 0 Å². The van der Waals surface area contributed by atoms with Gasteiger partial charge in [-0.15, -0.1) is 0 Å². The SMILES string of the molecule is O=C(O)C1(NCCc2ccsc2)CCCC1. The van der Waals surface area contributed by atoms with Crippen molar-refractivity contribution in [2.45, 2.75) is 37.6 Å². The highest BCUT2D eigenvalue weighted by Gasteiger charge is 2.40. The Morgan fingerprint density at radius 2 is 2.25 bits per heavy atom. The highest BCUT2D eigenvalue weighted by molar-refractivity contribution is 7.07. The molecule has 0 atom stereocenters. The first-order valence-corrected chi connectivity index (χ1v) is 6.67. The summed E-state index contributed by atoms with van der Waals surface area (Å²) >= 11 is 1.68. The third kappa shape index (κ3) is 2.44. The molecule has 1 aromatic heterocycles. The lowest BCUT2D eigenvalue weighted by molar-refractivity contribution is -0.144. The summed E-state index contributed by atoms with van der Waals surface area (Å²) in [7, 11) is 0. The van der Waals surface area contributed by atoms with Crippen LogP contribution in [0.15, 0.2) is 16.8 Å². The third-order valence-corrected chi connectivity index (χ3v) is 4.06. The van der Waals surface area contributed by atoms with Crippen molar-refractivity contribution in [3.8, 4) is 0 Å². The van der Waals surface area contributed by atoms with Crippen LogP contribution in [-0.2, 0) is 11.2 Å². The van der Waals surface area contributed by atoms with E-state index in [1.165, 1.54) is 5.56 Å². The van der Waals surface area contributed by atoms with Crippen LogP contribution >= 0.6 is 11.3 Å². The van der Waals surface area contributed by atoms with E-state index in [-0.39, 0.29) is 0 Å². The van der Waals surface area contributed by atoms with Crippen molar-refractivity contribution < 1.29 is 9.90 Å². The number of hydrogen-bond donors (Lipinski definition) is 2. The zero-order valence-corrected chi connectivity index (χ0v) is 10.1. The maximum atomic E-state index is 11.3. The minimum absolute atomic E-state index is 0.643. The van der Waals surface area contributed by atoms with Crippen molar-refractivity contribution in [2.24, 2.45) is 0 Å². The fourth-order valence-electron chi connectivity index (χ4n) is 2.33. The fraction of sp³-hybridized carbons (Fsp3) is 0.583. The number of nitrogens with one attached hydrogen (secondary N) is 1. The Balaban J connectivity index is 1.85. The molecule has 1 aromatic rings. The second kappa shape index (κ2) is 4.97. The molecular formula is C12H17NO2S. The number of thiophene rings is 1.